The molecule has 1 heterocycles. The van der Waals surface area contributed by atoms with Crippen molar-refractivity contribution in [3.8, 4) is 11.3 Å². The summed E-state index contributed by atoms with van der Waals surface area (Å²) in [5, 5.41) is 7.20. The molecule has 1 fully saturated rings. The zero-order valence-corrected chi connectivity index (χ0v) is 10.7. The summed E-state index contributed by atoms with van der Waals surface area (Å²) in [6.07, 6.45) is 4.36. The van der Waals surface area contributed by atoms with Gasteiger partial charge in [-0.15, -0.1) is 0 Å². The van der Waals surface area contributed by atoms with Gasteiger partial charge in [-0.1, -0.05) is 25.1 Å². The number of nitrogens with one attached hydrogen (secondary N) is 1. The first-order valence-electron chi connectivity index (χ1n) is 6.41. The third-order valence-electron chi connectivity index (χ3n) is 3.41. The molecule has 2 aromatic rings. The molecule has 0 bridgehead atoms. The Kier molecular flexibility index (Phi) is 2.65. The van der Waals surface area contributed by atoms with Crippen LogP contribution in [0, 0.1) is 5.82 Å². The highest BCUT2D eigenvalue weighted by Crippen LogP contribution is 2.29. The lowest BCUT2D eigenvalue weighted by Crippen LogP contribution is -2.33. The topological polar surface area (TPSA) is 32.6 Å². The third-order valence-corrected chi connectivity index (χ3v) is 3.41. The summed E-state index contributed by atoms with van der Waals surface area (Å²) in [6.45, 7) is 3.99. The third kappa shape index (κ3) is 2.03. The van der Waals surface area contributed by atoms with E-state index in [1.54, 1.807) is 6.07 Å². The maximum absolute atomic E-state index is 13.9. The van der Waals surface area contributed by atoms with Crippen LogP contribution < -0.4 is 4.68 Å². The summed E-state index contributed by atoms with van der Waals surface area (Å²) in [6, 6.07) is 5.92. The summed E-state index contributed by atoms with van der Waals surface area (Å²) < 4.78 is 15.9. The number of aromatic amines is 1. The first-order valence-corrected chi connectivity index (χ1v) is 6.41. The molecule has 0 saturated heterocycles. The zero-order chi connectivity index (χ0) is 12.7. The second-order valence-electron chi connectivity index (χ2n) is 5.26. The molecular formula is C14H17FN3+. The van der Waals surface area contributed by atoms with Gasteiger partial charge in [0.05, 0.1) is 0 Å². The van der Waals surface area contributed by atoms with E-state index >= 15 is 0 Å². The Morgan fingerprint density at radius 2 is 2.17 bits per heavy atom. The van der Waals surface area contributed by atoms with E-state index in [1.165, 1.54) is 12.8 Å². The SMILES string of the molecule is CC(C)c1ccc(-c2c[n+](C3CC3)[nH]n2)cc1F. The molecule has 0 atom stereocenters. The molecule has 1 aliphatic rings. The van der Waals surface area contributed by atoms with Gasteiger partial charge in [-0.3, -0.25) is 0 Å². The fourth-order valence-electron chi connectivity index (χ4n) is 2.13. The van der Waals surface area contributed by atoms with Crippen LogP contribution in [-0.4, -0.2) is 10.3 Å². The van der Waals surface area contributed by atoms with E-state index < -0.39 is 0 Å². The van der Waals surface area contributed by atoms with Gasteiger partial charge < -0.3 is 0 Å². The lowest BCUT2D eigenvalue weighted by molar-refractivity contribution is -0.756. The molecule has 1 N–H and O–H groups in total. The molecule has 0 unspecified atom stereocenters. The first-order chi connectivity index (χ1) is 8.65. The number of aromatic nitrogens is 3. The molecule has 3 rings (SSSR count). The van der Waals surface area contributed by atoms with Gasteiger partial charge in [-0.25, -0.2) is 4.39 Å². The van der Waals surface area contributed by atoms with Gasteiger partial charge >= 0.3 is 0 Å². The molecule has 0 spiro atoms. The quantitative estimate of drug-likeness (QED) is 0.830. The van der Waals surface area contributed by atoms with Gasteiger partial charge in [0.25, 0.3) is 0 Å². The molecule has 0 aliphatic heterocycles. The fraction of sp³-hybridized carbons (Fsp3) is 0.429. The Balaban J connectivity index is 1.93. The second-order valence-corrected chi connectivity index (χ2v) is 5.26. The van der Waals surface area contributed by atoms with E-state index in [2.05, 4.69) is 10.3 Å². The van der Waals surface area contributed by atoms with Crippen molar-refractivity contribution in [3.63, 3.8) is 0 Å². The van der Waals surface area contributed by atoms with Crippen molar-refractivity contribution in [1.82, 2.24) is 10.3 Å². The molecular weight excluding hydrogens is 229 g/mol. The first kappa shape index (κ1) is 11.4. The van der Waals surface area contributed by atoms with Crippen LogP contribution in [0.2, 0.25) is 0 Å². The van der Waals surface area contributed by atoms with Crippen molar-refractivity contribution in [1.29, 1.82) is 0 Å². The van der Waals surface area contributed by atoms with Gasteiger partial charge in [-0.05, 0) is 36.5 Å². The summed E-state index contributed by atoms with van der Waals surface area (Å²) in [4.78, 5) is 0. The number of rotatable bonds is 3. The van der Waals surface area contributed by atoms with Gasteiger partial charge in [0.2, 0.25) is 5.69 Å². The summed E-state index contributed by atoms with van der Waals surface area (Å²) in [5.41, 5.74) is 2.38. The van der Waals surface area contributed by atoms with E-state index in [0.717, 1.165) is 16.8 Å². The molecule has 3 nitrogen and oxygen atoms in total. The number of halogens is 1. The van der Waals surface area contributed by atoms with Crippen LogP contribution >= 0.6 is 0 Å². The molecule has 0 radical (unpaired) electrons. The number of benzene rings is 1. The van der Waals surface area contributed by atoms with Gasteiger partial charge in [0.15, 0.2) is 6.20 Å². The molecule has 1 aromatic heterocycles. The predicted molar refractivity (Wildman–Crippen MR) is 66.5 cm³/mol. The lowest BCUT2D eigenvalue weighted by atomic mass is 10.0. The average Bonchev–Trinajstić information content (AvgIpc) is 3.06. The van der Waals surface area contributed by atoms with Crippen LogP contribution in [0.4, 0.5) is 4.39 Å². The van der Waals surface area contributed by atoms with Gasteiger partial charge in [0, 0.05) is 10.7 Å². The molecule has 0 amide bonds. The number of hydrogen-bond acceptors (Lipinski definition) is 1. The monoisotopic (exact) mass is 246 g/mol. The van der Waals surface area contributed by atoms with E-state index in [9.17, 15) is 4.39 Å². The van der Waals surface area contributed by atoms with E-state index in [1.807, 2.05) is 36.9 Å². The molecule has 1 aliphatic carbocycles. The maximum Gasteiger partial charge on any atom is 0.248 e. The Morgan fingerprint density at radius 3 is 2.78 bits per heavy atom. The summed E-state index contributed by atoms with van der Waals surface area (Å²) >= 11 is 0. The van der Waals surface area contributed by atoms with Crippen molar-refractivity contribution in [2.24, 2.45) is 0 Å². The number of nitrogens with zero attached hydrogens (tertiary/aromatic N) is 2. The van der Waals surface area contributed by atoms with E-state index in [4.69, 9.17) is 0 Å². The van der Waals surface area contributed by atoms with E-state index in [0.29, 0.717) is 6.04 Å². The standard InChI is InChI=1S/C14H16FN3/c1-9(2)12-6-3-10(7-13(12)15)14-8-18(17-16-14)11-4-5-11/h3,6-9,11H,4-5H2,1-2H3/p+1. The highest BCUT2D eigenvalue weighted by Gasteiger charge is 2.30. The largest absolute Gasteiger partial charge is 0.248 e. The summed E-state index contributed by atoms with van der Waals surface area (Å²) in [5.74, 6) is 0.0538. The number of hydrogen-bond donors (Lipinski definition) is 1. The van der Waals surface area contributed by atoms with Crippen LogP contribution in [0.3, 0.4) is 0 Å². The maximum atomic E-state index is 13.9. The van der Waals surface area contributed by atoms with Crippen molar-refractivity contribution >= 4 is 0 Å². The van der Waals surface area contributed by atoms with Crippen molar-refractivity contribution in [2.45, 2.75) is 38.6 Å². The second kappa shape index (κ2) is 4.19. The minimum Gasteiger partial charge on any atom is -0.207 e. The van der Waals surface area contributed by atoms with Crippen LogP contribution in [0.15, 0.2) is 24.4 Å². The Labute approximate surface area is 106 Å². The van der Waals surface area contributed by atoms with Crippen molar-refractivity contribution in [2.75, 3.05) is 0 Å². The molecule has 94 valence electrons. The minimum atomic E-state index is -0.150. The normalized spacial score (nSPS) is 15.3. The Bertz CT molecular complexity index is 570. The predicted octanol–water partition coefficient (Wildman–Crippen LogP) is 2.96. The zero-order valence-electron chi connectivity index (χ0n) is 10.7. The van der Waals surface area contributed by atoms with Crippen molar-refractivity contribution < 1.29 is 9.07 Å². The highest BCUT2D eigenvalue weighted by molar-refractivity contribution is 5.57. The minimum absolute atomic E-state index is 0.150. The van der Waals surface area contributed by atoms with Crippen LogP contribution in [0.5, 0.6) is 0 Å². The van der Waals surface area contributed by atoms with Gasteiger partial charge in [-0.2, -0.15) is 4.68 Å². The molecule has 1 saturated carbocycles. The fourth-order valence-corrected chi connectivity index (χ4v) is 2.13. The number of H-pyrrole nitrogens is 1. The Hall–Kier alpha value is -1.71. The molecule has 4 heteroatoms. The van der Waals surface area contributed by atoms with Crippen molar-refractivity contribution in [3.05, 3.63) is 35.8 Å². The Morgan fingerprint density at radius 1 is 1.39 bits per heavy atom. The average molecular weight is 246 g/mol. The van der Waals surface area contributed by atoms with Crippen LogP contribution in [0.25, 0.3) is 11.3 Å². The highest BCUT2D eigenvalue weighted by atomic mass is 19.1. The smallest absolute Gasteiger partial charge is 0.207 e. The lowest BCUT2D eigenvalue weighted by Gasteiger charge is -2.06. The van der Waals surface area contributed by atoms with Crippen LogP contribution in [0.1, 0.15) is 44.2 Å². The summed E-state index contributed by atoms with van der Waals surface area (Å²) in [7, 11) is 0. The van der Waals surface area contributed by atoms with Crippen LogP contribution in [-0.2, 0) is 0 Å². The molecule has 1 aromatic carbocycles. The molecule has 18 heavy (non-hydrogen) atoms. The van der Waals surface area contributed by atoms with Gasteiger partial charge in [0.1, 0.15) is 11.9 Å². The van der Waals surface area contributed by atoms with E-state index in [-0.39, 0.29) is 11.7 Å².